The molecule has 0 aliphatic heterocycles. The second-order valence-electron chi connectivity index (χ2n) is 4.29. The molecule has 2 nitrogen and oxygen atoms in total. The topological polar surface area (TPSA) is 24.1 Å². The number of hydrogen-bond donors (Lipinski definition) is 1. The third-order valence-corrected chi connectivity index (χ3v) is 2.76. The van der Waals surface area contributed by atoms with Gasteiger partial charge in [0.25, 0.3) is 0 Å². The number of rotatable bonds is 4. The SMILES string of the molecule is CCC[n+]1ccc(/C=C/c2ccc(O)cc2)cc1. The highest BCUT2D eigenvalue weighted by molar-refractivity contribution is 5.69. The van der Waals surface area contributed by atoms with E-state index in [1.165, 1.54) is 5.56 Å². The first kappa shape index (κ1) is 12.4. The molecule has 0 saturated heterocycles. The van der Waals surface area contributed by atoms with Gasteiger partial charge in [0.2, 0.25) is 0 Å². The molecule has 0 aliphatic carbocycles. The number of pyridine rings is 1. The predicted molar refractivity (Wildman–Crippen MR) is 74.0 cm³/mol. The molecular weight excluding hydrogens is 222 g/mol. The molecule has 0 atom stereocenters. The van der Waals surface area contributed by atoms with Crippen LogP contribution >= 0.6 is 0 Å². The maximum Gasteiger partial charge on any atom is 0.169 e. The van der Waals surface area contributed by atoms with E-state index in [1.54, 1.807) is 12.1 Å². The van der Waals surface area contributed by atoms with Crippen LogP contribution in [0.25, 0.3) is 12.2 Å². The average Bonchev–Trinajstić information content (AvgIpc) is 2.40. The van der Waals surface area contributed by atoms with E-state index in [0.29, 0.717) is 5.75 Å². The molecule has 18 heavy (non-hydrogen) atoms. The first-order valence-corrected chi connectivity index (χ1v) is 6.24. The van der Waals surface area contributed by atoms with Gasteiger partial charge in [0.15, 0.2) is 12.4 Å². The van der Waals surface area contributed by atoms with Crippen LogP contribution in [0.4, 0.5) is 0 Å². The fourth-order valence-electron chi connectivity index (χ4n) is 1.77. The summed E-state index contributed by atoms with van der Waals surface area (Å²) < 4.78 is 2.18. The summed E-state index contributed by atoms with van der Waals surface area (Å²) in [7, 11) is 0. The first-order chi connectivity index (χ1) is 8.78. The van der Waals surface area contributed by atoms with Gasteiger partial charge in [-0.3, -0.25) is 0 Å². The Morgan fingerprint density at radius 1 is 0.944 bits per heavy atom. The molecule has 0 radical (unpaired) electrons. The smallest absolute Gasteiger partial charge is 0.169 e. The van der Waals surface area contributed by atoms with Gasteiger partial charge in [0, 0.05) is 18.6 Å². The molecule has 1 N–H and O–H groups in total. The third-order valence-electron chi connectivity index (χ3n) is 2.76. The lowest BCUT2D eigenvalue weighted by atomic mass is 10.1. The Balaban J connectivity index is 2.06. The van der Waals surface area contributed by atoms with Gasteiger partial charge in [0.05, 0.1) is 0 Å². The molecule has 0 bridgehead atoms. The zero-order valence-electron chi connectivity index (χ0n) is 10.6. The molecule has 92 valence electrons. The Hall–Kier alpha value is -2.09. The Bertz CT molecular complexity index is 512. The number of phenols is 1. The molecule has 0 amide bonds. The maximum absolute atomic E-state index is 9.20. The van der Waals surface area contributed by atoms with Crippen LogP contribution in [0.15, 0.2) is 48.8 Å². The number of aromatic hydroxyl groups is 1. The summed E-state index contributed by atoms with van der Waals surface area (Å²) in [6, 6.07) is 11.4. The number of benzene rings is 1. The van der Waals surface area contributed by atoms with E-state index >= 15 is 0 Å². The van der Waals surface area contributed by atoms with Crippen molar-refractivity contribution in [1.29, 1.82) is 0 Å². The summed E-state index contributed by atoms with van der Waals surface area (Å²) in [5, 5.41) is 9.20. The Kier molecular flexibility index (Phi) is 4.13. The quantitative estimate of drug-likeness (QED) is 0.815. The van der Waals surface area contributed by atoms with E-state index < -0.39 is 0 Å². The van der Waals surface area contributed by atoms with E-state index in [4.69, 9.17) is 0 Å². The zero-order chi connectivity index (χ0) is 12.8. The standard InChI is InChI=1S/C16H17NO/c1-2-11-17-12-9-15(10-13-17)4-3-14-5-7-16(18)8-6-14/h3-10,12-13H,2,11H2,1H3/p+1. The van der Waals surface area contributed by atoms with Crippen LogP contribution < -0.4 is 4.57 Å². The van der Waals surface area contributed by atoms with Gasteiger partial charge in [-0.05, 0) is 23.3 Å². The van der Waals surface area contributed by atoms with Gasteiger partial charge in [-0.25, -0.2) is 4.57 Å². The molecule has 1 aromatic heterocycles. The second-order valence-corrected chi connectivity index (χ2v) is 4.29. The predicted octanol–water partition coefficient (Wildman–Crippen LogP) is 3.26. The van der Waals surface area contributed by atoms with Crippen LogP contribution in [0.5, 0.6) is 5.75 Å². The summed E-state index contributed by atoms with van der Waals surface area (Å²) in [5.41, 5.74) is 2.26. The lowest BCUT2D eigenvalue weighted by Gasteiger charge is -1.96. The van der Waals surface area contributed by atoms with Gasteiger partial charge < -0.3 is 5.11 Å². The van der Waals surface area contributed by atoms with Crippen molar-refractivity contribution in [3.8, 4) is 5.75 Å². The molecule has 0 unspecified atom stereocenters. The normalized spacial score (nSPS) is 10.9. The molecule has 0 aliphatic rings. The van der Waals surface area contributed by atoms with Crippen LogP contribution in [0.3, 0.4) is 0 Å². The number of nitrogens with zero attached hydrogens (tertiary/aromatic N) is 1. The number of aryl methyl sites for hydroxylation is 1. The van der Waals surface area contributed by atoms with Gasteiger partial charge in [-0.1, -0.05) is 31.2 Å². The van der Waals surface area contributed by atoms with Gasteiger partial charge in [-0.15, -0.1) is 0 Å². The summed E-state index contributed by atoms with van der Waals surface area (Å²) in [6.45, 7) is 3.23. The van der Waals surface area contributed by atoms with Crippen molar-refractivity contribution in [2.24, 2.45) is 0 Å². The Morgan fingerprint density at radius 2 is 1.50 bits per heavy atom. The van der Waals surface area contributed by atoms with E-state index in [9.17, 15) is 5.11 Å². The molecule has 2 aromatic rings. The monoisotopic (exact) mass is 240 g/mol. The van der Waals surface area contributed by atoms with Gasteiger partial charge in [0.1, 0.15) is 12.3 Å². The minimum absolute atomic E-state index is 0.299. The fourth-order valence-corrected chi connectivity index (χ4v) is 1.77. The minimum Gasteiger partial charge on any atom is -0.508 e. The molecule has 0 spiro atoms. The van der Waals surface area contributed by atoms with Crippen molar-refractivity contribution in [1.82, 2.24) is 0 Å². The average molecular weight is 240 g/mol. The fraction of sp³-hybridized carbons (Fsp3) is 0.188. The summed E-state index contributed by atoms with van der Waals surface area (Å²) >= 11 is 0. The molecule has 0 saturated carbocycles. The molecule has 1 heterocycles. The second kappa shape index (κ2) is 6.01. The van der Waals surface area contributed by atoms with Crippen LogP contribution in [-0.2, 0) is 6.54 Å². The molecule has 1 aromatic carbocycles. The van der Waals surface area contributed by atoms with Crippen molar-refractivity contribution < 1.29 is 9.67 Å². The minimum atomic E-state index is 0.299. The molecule has 0 fully saturated rings. The highest BCUT2D eigenvalue weighted by atomic mass is 16.3. The van der Waals surface area contributed by atoms with Crippen LogP contribution in [0.2, 0.25) is 0 Å². The summed E-state index contributed by atoms with van der Waals surface area (Å²) in [4.78, 5) is 0. The van der Waals surface area contributed by atoms with E-state index in [-0.39, 0.29) is 0 Å². The summed E-state index contributed by atoms with van der Waals surface area (Å²) in [5.74, 6) is 0.299. The van der Waals surface area contributed by atoms with Crippen molar-refractivity contribution in [2.45, 2.75) is 19.9 Å². The van der Waals surface area contributed by atoms with E-state index in [0.717, 1.165) is 18.5 Å². The summed E-state index contributed by atoms with van der Waals surface area (Å²) in [6.07, 6.45) is 9.45. The lowest BCUT2D eigenvalue weighted by Crippen LogP contribution is -2.31. The molecule has 2 heteroatoms. The van der Waals surface area contributed by atoms with Crippen LogP contribution in [0.1, 0.15) is 24.5 Å². The number of aromatic nitrogens is 1. The largest absolute Gasteiger partial charge is 0.508 e. The Morgan fingerprint density at radius 3 is 2.06 bits per heavy atom. The Labute approximate surface area is 108 Å². The lowest BCUT2D eigenvalue weighted by molar-refractivity contribution is -0.697. The number of phenolic OH excluding ortho intramolecular Hbond substituents is 1. The highest BCUT2D eigenvalue weighted by Gasteiger charge is 1.96. The highest BCUT2D eigenvalue weighted by Crippen LogP contribution is 2.12. The number of hydrogen-bond acceptors (Lipinski definition) is 1. The van der Waals surface area contributed by atoms with Crippen molar-refractivity contribution in [3.63, 3.8) is 0 Å². The van der Waals surface area contributed by atoms with Crippen LogP contribution in [0, 0.1) is 0 Å². The third kappa shape index (κ3) is 3.45. The maximum atomic E-state index is 9.20. The van der Waals surface area contributed by atoms with Gasteiger partial charge in [-0.2, -0.15) is 0 Å². The van der Waals surface area contributed by atoms with Crippen molar-refractivity contribution in [3.05, 3.63) is 59.9 Å². The van der Waals surface area contributed by atoms with Crippen molar-refractivity contribution >= 4 is 12.2 Å². The van der Waals surface area contributed by atoms with E-state index in [2.05, 4.69) is 42.1 Å². The molecule has 2 rings (SSSR count). The van der Waals surface area contributed by atoms with Gasteiger partial charge >= 0.3 is 0 Å². The zero-order valence-corrected chi connectivity index (χ0v) is 10.6. The van der Waals surface area contributed by atoms with E-state index in [1.807, 2.05) is 18.2 Å². The first-order valence-electron chi connectivity index (χ1n) is 6.24. The molecular formula is C16H18NO+. The van der Waals surface area contributed by atoms with Crippen LogP contribution in [-0.4, -0.2) is 5.11 Å². The van der Waals surface area contributed by atoms with Crippen molar-refractivity contribution in [2.75, 3.05) is 0 Å².